The van der Waals surface area contributed by atoms with Gasteiger partial charge in [0.05, 0.1) is 23.4 Å². The summed E-state index contributed by atoms with van der Waals surface area (Å²) in [5.41, 5.74) is 4.54. The third-order valence-electron chi connectivity index (χ3n) is 6.67. The molecule has 0 aliphatic carbocycles. The number of likely N-dealkylation sites (N-methyl/N-ethyl adjacent to an activating group) is 1. The zero-order valence-electron chi connectivity index (χ0n) is 19.2. The minimum absolute atomic E-state index is 0.291. The van der Waals surface area contributed by atoms with Gasteiger partial charge in [0.15, 0.2) is 11.5 Å². The second-order valence-corrected chi connectivity index (χ2v) is 8.79. The third-order valence-corrected chi connectivity index (χ3v) is 6.67. The van der Waals surface area contributed by atoms with Gasteiger partial charge >= 0.3 is 0 Å². The molecule has 1 fully saturated rings. The third kappa shape index (κ3) is 3.52. The molecule has 5 heterocycles. The molecule has 9 heteroatoms. The summed E-state index contributed by atoms with van der Waals surface area (Å²) in [5.74, 6) is 0.316. The first-order valence-corrected chi connectivity index (χ1v) is 11.7. The Balaban J connectivity index is 1.32. The molecule has 6 rings (SSSR count). The lowest BCUT2D eigenvalue weighted by Gasteiger charge is -2.38. The Labute approximate surface area is 196 Å². The molecule has 0 N–H and O–H groups in total. The van der Waals surface area contributed by atoms with Crippen LogP contribution < -0.4 is 0 Å². The zero-order valence-corrected chi connectivity index (χ0v) is 19.2. The zero-order chi connectivity index (χ0) is 23.2. The molecule has 34 heavy (non-hydrogen) atoms. The smallest absolute Gasteiger partial charge is 0.177 e. The van der Waals surface area contributed by atoms with Gasteiger partial charge in [-0.05, 0) is 42.8 Å². The van der Waals surface area contributed by atoms with Gasteiger partial charge in [0.1, 0.15) is 5.82 Å². The van der Waals surface area contributed by atoms with Crippen LogP contribution in [0.25, 0.3) is 27.7 Å². The van der Waals surface area contributed by atoms with Crippen molar-refractivity contribution in [3.8, 4) is 11.1 Å². The molecule has 0 atom stereocenters. The van der Waals surface area contributed by atoms with Gasteiger partial charge in [0.25, 0.3) is 0 Å². The minimum atomic E-state index is -0.291. The van der Waals surface area contributed by atoms with E-state index in [0.717, 1.165) is 42.9 Å². The van der Waals surface area contributed by atoms with Gasteiger partial charge in [-0.1, -0.05) is 19.9 Å². The van der Waals surface area contributed by atoms with E-state index in [0.29, 0.717) is 40.4 Å². The van der Waals surface area contributed by atoms with Crippen molar-refractivity contribution < 1.29 is 4.39 Å². The van der Waals surface area contributed by atoms with Crippen molar-refractivity contribution in [2.45, 2.75) is 32.7 Å². The first-order valence-electron chi connectivity index (χ1n) is 11.7. The number of fused-ring (bicyclic) bond motifs is 2. The van der Waals surface area contributed by atoms with Crippen molar-refractivity contribution in [3.05, 3.63) is 71.8 Å². The van der Waals surface area contributed by atoms with Crippen molar-refractivity contribution in [1.82, 2.24) is 39.5 Å². The number of likely N-dealkylation sites (tertiary alicyclic amines) is 1. The summed E-state index contributed by atoms with van der Waals surface area (Å²) in [6, 6.07) is 9.69. The largest absolute Gasteiger partial charge is 0.299 e. The molecule has 172 valence electrons. The first kappa shape index (κ1) is 20.9. The Morgan fingerprint density at radius 1 is 1.03 bits per heavy atom. The Kier molecular flexibility index (Phi) is 5.06. The van der Waals surface area contributed by atoms with Gasteiger partial charge in [-0.25, -0.2) is 4.39 Å². The number of halogens is 1. The molecule has 1 aliphatic rings. The van der Waals surface area contributed by atoms with Crippen molar-refractivity contribution in [1.29, 1.82) is 0 Å². The standard InChI is InChI=1S/C25H25FN8/c1-3-19-6-8-23-29-30-24(34(23)31-19)10-16-5-7-22-21(25(16)26)9-17(11-27-22)18-12-28-33(13-18)20-14-32(4-2)15-20/h5-9,11-13,20H,3-4,10,14-15H2,1-2H3. The van der Waals surface area contributed by atoms with Gasteiger partial charge in [-0.3, -0.25) is 14.6 Å². The van der Waals surface area contributed by atoms with E-state index in [-0.39, 0.29) is 5.82 Å². The highest BCUT2D eigenvalue weighted by molar-refractivity contribution is 5.84. The van der Waals surface area contributed by atoms with Crippen molar-refractivity contribution >= 4 is 16.6 Å². The van der Waals surface area contributed by atoms with Crippen molar-refractivity contribution in [2.75, 3.05) is 19.6 Å². The van der Waals surface area contributed by atoms with E-state index < -0.39 is 0 Å². The van der Waals surface area contributed by atoms with Crippen LogP contribution in [0.15, 0.2) is 48.9 Å². The number of nitrogens with zero attached hydrogens (tertiary/aromatic N) is 8. The van der Waals surface area contributed by atoms with Crippen LogP contribution in [0.4, 0.5) is 4.39 Å². The Morgan fingerprint density at radius 3 is 2.74 bits per heavy atom. The molecule has 1 saturated heterocycles. The number of rotatable bonds is 6. The number of hydrogen-bond acceptors (Lipinski definition) is 6. The van der Waals surface area contributed by atoms with Gasteiger partial charge in [-0.2, -0.15) is 14.7 Å². The SMILES string of the molecule is CCc1ccc2nnc(Cc3ccc4ncc(-c5cnn(C6CN(CC)C6)c5)cc4c3F)n2n1. The highest BCUT2D eigenvalue weighted by Gasteiger charge is 2.27. The second-order valence-electron chi connectivity index (χ2n) is 8.79. The summed E-state index contributed by atoms with van der Waals surface area (Å²) >= 11 is 0. The fraction of sp³-hybridized carbons (Fsp3) is 0.320. The van der Waals surface area contributed by atoms with E-state index in [9.17, 15) is 0 Å². The molecule has 0 saturated carbocycles. The maximum atomic E-state index is 15.6. The fourth-order valence-electron chi connectivity index (χ4n) is 4.50. The molecule has 0 amide bonds. The van der Waals surface area contributed by atoms with Gasteiger partial charge in [-0.15, -0.1) is 10.2 Å². The van der Waals surface area contributed by atoms with E-state index >= 15 is 4.39 Å². The van der Waals surface area contributed by atoms with E-state index in [2.05, 4.69) is 37.2 Å². The summed E-state index contributed by atoms with van der Waals surface area (Å²) in [7, 11) is 0. The first-order chi connectivity index (χ1) is 16.6. The number of hydrogen-bond donors (Lipinski definition) is 0. The molecular formula is C25H25FN8. The average molecular weight is 457 g/mol. The van der Waals surface area contributed by atoms with Crippen molar-refractivity contribution in [2.24, 2.45) is 0 Å². The molecule has 0 spiro atoms. The normalized spacial score (nSPS) is 14.8. The number of benzene rings is 1. The molecule has 5 aromatic rings. The molecule has 4 aromatic heterocycles. The summed E-state index contributed by atoms with van der Waals surface area (Å²) < 4.78 is 19.3. The topological polar surface area (TPSA) is 77.0 Å². The number of aryl methyl sites for hydroxylation is 1. The van der Waals surface area contributed by atoms with Crippen LogP contribution in [0, 0.1) is 5.82 Å². The highest BCUT2D eigenvalue weighted by atomic mass is 19.1. The Bertz CT molecular complexity index is 1500. The van der Waals surface area contributed by atoms with Crippen LogP contribution in [0.2, 0.25) is 0 Å². The van der Waals surface area contributed by atoms with Gasteiger partial charge in [0, 0.05) is 48.4 Å². The van der Waals surface area contributed by atoms with E-state index in [1.807, 2.05) is 48.3 Å². The monoisotopic (exact) mass is 456 g/mol. The van der Waals surface area contributed by atoms with Crippen LogP contribution in [0.1, 0.15) is 37.0 Å². The summed E-state index contributed by atoms with van der Waals surface area (Å²) in [5, 5.41) is 18.0. The Hall–Kier alpha value is -3.72. The maximum absolute atomic E-state index is 15.6. The predicted molar refractivity (Wildman–Crippen MR) is 127 cm³/mol. The molecule has 0 bridgehead atoms. The predicted octanol–water partition coefficient (Wildman–Crippen LogP) is 3.70. The van der Waals surface area contributed by atoms with E-state index in [4.69, 9.17) is 0 Å². The fourth-order valence-corrected chi connectivity index (χ4v) is 4.50. The minimum Gasteiger partial charge on any atom is -0.299 e. The van der Waals surface area contributed by atoms with Crippen LogP contribution in [-0.4, -0.2) is 59.1 Å². The van der Waals surface area contributed by atoms with Crippen LogP contribution in [0.5, 0.6) is 0 Å². The van der Waals surface area contributed by atoms with Crippen molar-refractivity contribution in [3.63, 3.8) is 0 Å². The molecule has 1 aliphatic heterocycles. The Morgan fingerprint density at radius 2 is 1.91 bits per heavy atom. The van der Waals surface area contributed by atoms with Gasteiger partial charge in [0.2, 0.25) is 0 Å². The van der Waals surface area contributed by atoms with E-state index in [1.54, 1.807) is 16.8 Å². The lowest BCUT2D eigenvalue weighted by Crippen LogP contribution is -2.47. The highest BCUT2D eigenvalue weighted by Crippen LogP contribution is 2.28. The molecular weight excluding hydrogens is 431 g/mol. The summed E-state index contributed by atoms with van der Waals surface area (Å²) in [4.78, 5) is 6.88. The molecule has 0 unspecified atom stereocenters. The second kappa shape index (κ2) is 8.25. The lowest BCUT2D eigenvalue weighted by molar-refractivity contribution is 0.105. The summed E-state index contributed by atoms with van der Waals surface area (Å²) in [6.07, 6.45) is 6.74. The molecule has 1 aromatic carbocycles. The van der Waals surface area contributed by atoms with E-state index in [1.165, 1.54) is 0 Å². The number of pyridine rings is 1. The molecule has 8 nitrogen and oxygen atoms in total. The average Bonchev–Trinajstić information content (AvgIpc) is 3.47. The van der Waals surface area contributed by atoms with Crippen LogP contribution in [0.3, 0.4) is 0 Å². The van der Waals surface area contributed by atoms with Gasteiger partial charge < -0.3 is 0 Å². The number of aromatic nitrogens is 7. The quantitative estimate of drug-likeness (QED) is 0.388. The van der Waals surface area contributed by atoms with Crippen LogP contribution in [-0.2, 0) is 12.8 Å². The maximum Gasteiger partial charge on any atom is 0.177 e. The molecule has 0 radical (unpaired) electrons. The summed E-state index contributed by atoms with van der Waals surface area (Å²) in [6.45, 7) is 7.29. The van der Waals surface area contributed by atoms with Crippen LogP contribution >= 0.6 is 0 Å². The lowest BCUT2D eigenvalue weighted by atomic mass is 10.0.